The van der Waals surface area contributed by atoms with Gasteiger partial charge in [-0.3, -0.25) is 5.32 Å². The monoisotopic (exact) mass is 375 g/mol. The summed E-state index contributed by atoms with van der Waals surface area (Å²) in [4.78, 5) is 3.97. The van der Waals surface area contributed by atoms with Gasteiger partial charge in [-0.15, -0.1) is 17.5 Å². The molecule has 7 nitrogen and oxygen atoms in total. The molecule has 3 aromatic rings. The highest BCUT2D eigenvalue weighted by Crippen LogP contribution is 2.32. The van der Waals surface area contributed by atoms with Gasteiger partial charge in [-0.2, -0.15) is 18.2 Å². The molecule has 0 aliphatic carbocycles. The van der Waals surface area contributed by atoms with Gasteiger partial charge in [0.2, 0.25) is 5.89 Å². The molecule has 0 bridgehead atoms. The summed E-state index contributed by atoms with van der Waals surface area (Å²) in [5, 5.41) is 13.7. The second-order valence-electron chi connectivity index (χ2n) is 5.42. The zero-order valence-corrected chi connectivity index (χ0v) is 13.4. The molecular formula is C14H13ClF3N5O2. The number of fused-ring (bicyclic) bond motifs is 1. The molecule has 2 aromatic heterocycles. The highest BCUT2D eigenvalue weighted by atomic mass is 35.5. The lowest BCUT2D eigenvalue weighted by molar-refractivity contribution is -0.137. The van der Waals surface area contributed by atoms with Crippen molar-refractivity contribution in [3.63, 3.8) is 0 Å². The first-order valence-corrected chi connectivity index (χ1v) is 7.31. The summed E-state index contributed by atoms with van der Waals surface area (Å²) in [7, 11) is 0. The van der Waals surface area contributed by atoms with Crippen LogP contribution in [0, 0.1) is 0 Å². The molecule has 1 unspecified atom stereocenters. The lowest BCUT2D eigenvalue weighted by Crippen LogP contribution is -2.12. The van der Waals surface area contributed by atoms with Crippen molar-refractivity contribution in [1.82, 2.24) is 20.5 Å². The maximum Gasteiger partial charge on any atom is 0.416 e. The second kappa shape index (κ2) is 6.52. The fourth-order valence-electron chi connectivity index (χ4n) is 2.57. The third-order valence-corrected chi connectivity index (χ3v) is 3.73. The van der Waals surface area contributed by atoms with Gasteiger partial charge in [0.25, 0.3) is 0 Å². The quantitative estimate of drug-likeness (QED) is 0.719. The van der Waals surface area contributed by atoms with Crippen LogP contribution in [0.15, 0.2) is 27.0 Å². The van der Waals surface area contributed by atoms with Crippen LogP contribution >= 0.6 is 12.4 Å². The minimum Gasteiger partial charge on any atom is -0.423 e. The van der Waals surface area contributed by atoms with Crippen LogP contribution < -0.4 is 10.6 Å². The maximum atomic E-state index is 12.7. The number of aromatic nitrogens is 3. The summed E-state index contributed by atoms with van der Waals surface area (Å²) in [5.41, 5.74) is -0.477. The number of alkyl halides is 3. The fourth-order valence-corrected chi connectivity index (χ4v) is 2.57. The smallest absolute Gasteiger partial charge is 0.416 e. The predicted octanol–water partition coefficient (Wildman–Crippen LogP) is 3.82. The Morgan fingerprint density at radius 3 is 2.72 bits per heavy atom. The average molecular weight is 376 g/mol. The molecule has 0 amide bonds. The molecule has 0 saturated carbocycles. The molecule has 134 valence electrons. The highest BCUT2D eigenvalue weighted by Gasteiger charge is 2.31. The molecule has 3 heterocycles. The molecule has 1 aromatic carbocycles. The number of benzene rings is 1. The van der Waals surface area contributed by atoms with Gasteiger partial charge in [0.15, 0.2) is 5.58 Å². The van der Waals surface area contributed by atoms with Crippen molar-refractivity contribution in [3.8, 4) is 0 Å². The molecule has 1 fully saturated rings. The maximum absolute atomic E-state index is 12.7. The van der Waals surface area contributed by atoms with Crippen LogP contribution in [0.2, 0.25) is 0 Å². The Kier molecular flexibility index (Phi) is 4.56. The van der Waals surface area contributed by atoms with E-state index >= 15 is 0 Å². The zero-order valence-electron chi connectivity index (χ0n) is 12.6. The Hall–Kier alpha value is -2.33. The van der Waals surface area contributed by atoms with Crippen LogP contribution in [-0.2, 0) is 6.18 Å². The average Bonchev–Trinajstić information content (AvgIpc) is 3.25. The van der Waals surface area contributed by atoms with E-state index in [1.54, 1.807) is 0 Å². The molecule has 1 aliphatic rings. The fraction of sp³-hybridized carbons (Fsp3) is 0.357. The predicted molar refractivity (Wildman–Crippen MR) is 83.8 cm³/mol. The molecule has 4 rings (SSSR count). The SMILES string of the molecule is Cl.FC(F)(F)c1ccc2oc(Nc3nnc(C4CCCN4)o3)nc2c1. The van der Waals surface area contributed by atoms with Crippen molar-refractivity contribution in [2.75, 3.05) is 11.9 Å². The number of hydrogen-bond donors (Lipinski definition) is 2. The molecule has 25 heavy (non-hydrogen) atoms. The topological polar surface area (TPSA) is 89.0 Å². The van der Waals surface area contributed by atoms with E-state index in [9.17, 15) is 13.2 Å². The van der Waals surface area contributed by atoms with E-state index in [1.165, 1.54) is 6.07 Å². The van der Waals surface area contributed by atoms with Crippen molar-refractivity contribution >= 4 is 35.5 Å². The molecule has 1 atom stereocenters. The summed E-state index contributed by atoms with van der Waals surface area (Å²) in [6, 6.07) is 3.16. The third-order valence-electron chi connectivity index (χ3n) is 3.73. The van der Waals surface area contributed by atoms with Gasteiger partial charge in [-0.1, -0.05) is 5.10 Å². The van der Waals surface area contributed by atoms with Crippen LogP contribution in [-0.4, -0.2) is 21.7 Å². The molecule has 11 heteroatoms. The van der Waals surface area contributed by atoms with Gasteiger partial charge in [0, 0.05) is 0 Å². The van der Waals surface area contributed by atoms with E-state index in [0.717, 1.165) is 31.5 Å². The van der Waals surface area contributed by atoms with Gasteiger partial charge in [0.1, 0.15) is 5.52 Å². The normalized spacial score (nSPS) is 17.6. The second-order valence-corrected chi connectivity index (χ2v) is 5.42. The first kappa shape index (κ1) is 17.5. The van der Waals surface area contributed by atoms with E-state index in [2.05, 4.69) is 25.8 Å². The van der Waals surface area contributed by atoms with Crippen LogP contribution in [0.3, 0.4) is 0 Å². The Balaban J connectivity index is 0.00000182. The van der Waals surface area contributed by atoms with Gasteiger partial charge in [-0.05, 0) is 37.6 Å². The summed E-state index contributed by atoms with van der Waals surface area (Å²) in [5.74, 6) is 0.450. The summed E-state index contributed by atoms with van der Waals surface area (Å²) < 4.78 is 48.9. The molecule has 0 radical (unpaired) electrons. The number of rotatable bonds is 3. The Labute approximate surface area is 145 Å². The van der Waals surface area contributed by atoms with Crippen LogP contribution in [0.1, 0.15) is 30.3 Å². The number of nitrogens with one attached hydrogen (secondary N) is 2. The molecular weight excluding hydrogens is 363 g/mol. The largest absolute Gasteiger partial charge is 0.423 e. The molecule has 1 aliphatic heterocycles. The Bertz CT molecular complexity index is 873. The van der Waals surface area contributed by atoms with Crippen LogP contribution in [0.4, 0.5) is 25.2 Å². The zero-order chi connectivity index (χ0) is 16.7. The van der Waals surface area contributed by atoms with Crippen molar-refractivity contribution < 1.29 is 22.0 Å². The first-order chi connectivity index (χ1) is 11.5. The van der Waals surface area contributed by atoms with E-state index in [-0.39, 0.29) is 41.6 Å². The lowest BCUT2D eigenvalue weighted by Gasteiger charge is -2.04. The third kappa shape index (κ3) is 3.54. The number of halogens is 4. The number of nitrogens with zero attached hydrogens (tertiary/aromatic N) is 3. The number of hydrogen-bond acceptors (Lipinski definition) is 7. The first-order valence-electron chi connectivity index (χ1n) is 7.31. The molecule has 1 saturated heterocycles. The molecule has 0 spiro atoms. The number of anilines is 2. The van der Waals surface area contributed by atoms with Gasteiger partial charge in [0.05, 0.1) is 11.6 Å². The van der Waals surface area contributed by atoms with Crippen LogP contribution in [0.5, 0.6) is 0 Å². The standard InChI is InChI=1S/C14H12F3N5O2.ClH/c15-14(16,17)7-3-4-10-9(6-7)19-12(23-10)20-13-22-21-11(24-13)8-2-1-5-18-8;/h3-4,6,8,18H,1-2,5H2,(H,19,20,22);1H. The van der Waals surface area contributed by atoms with Gasteiger partial charge in [-0.25, -0.2) is 0 Å². The summed E-state index contributed by atoms with van der Waals surface area (Å²) >= 11 is 0. The van der Waals surface area contributed by atoms with Crippen molar-refractivity contribution in [2.24, 2.45) is 0 Å². The summed E-state index contributed by atoms with van der Waals surface area (Å²) in [6.07, 6.45) is -2.50. The number of oxazole rings is 1. The van der Waals surface area contributed by atoms with Crippen molar-refractivity contribution in [2.45, 2.75) is 25.1 Å². The van der Waals surface area contributed by atoms with E-state index in [1.807, 2.05) is 0 Å². The minimum absolute atomic E-state index is 0. The van der Waals surface area contributed by atoms with Gasteiger partial charge >= 0.3 is 18.2 Å². The Morgan fingerprint density at radius 1 is 1.16 bits per heavy atom. The highest BCUT2D eigenvalue weighted by molar-refractivity contribution is 5.85. The molecule has 2 N–H and O–H groups in total. The van der Waals surface area contributed by atoms with Gasteiger partial charge < -0.3 is 14.2 Å². The van der Waals surface area contributed by atoms with E-state index in [0.29, 0.717) is 5.89 Å². The van der Waals surface area contributed by atoms with Crippen molar-refractivity contribution in [3.05, 3.63) is 29.7 Å². The minimum atomic E-state index is -4.43. The van der Waals surface area contributed by atoms with E-state index < -0.39 is 11.7 Å². The Morgan fingerprint density at radius 2 is 2.00 bits per heavy atom. The van der Waals surface area contributed by atoms with Crippen molar-refractivity contribution in [1.29, 1.82) is 0 Å². The lowest BCUT2D eigenvalue weighted by atomic mass is 10.2. The van der Waals surface area contributed by atoms with E-state index in [4.69, 9.17) is 8.83 Å². The summed E-state index contributed by atoms with van der Waals surface area (Å²) in [6.45, 7) is 0.891. The van der Waals surface area contributed by atoms with Crippen LogP contribution in [0.25, 0.3) is 11.1 Å².